The molecule has 0 radical (unpaired) electrons. The van der Waals surface area contributed by atoms with Crippen molar-refractivity contribution in [2.24, 2.45) is 0 Å². The molecule has 0 bridgehead atoms. The van der Waals surface area contributed by atoms with Crippen LogP contribution in [-0.4, -0.2) is 76.3 Å². The standard InChI is InChI=1S/C19H22BrClN4O6/c20-12-7-13-14(17(26)23-18(27)25(13)11-1-5-30-6-2-11)16(15(12)21)31-9-10-8-24(19(28)29)4-3-22-10/h7,10-11,22H,1-6,8-9H2,(H,28,29)(H,23,26,27)/t10-/m0/s1. The fourth-order valence-electron chi connectivity index (χ4n) is 4.03. The number of benzene rings is 1. The second-order valence-electron chi connectivity index (χ2n) is 7.52. The highest BCUT2D eigenvalue weighted by molar-refractivity contribution is 9.10. The van der Waals surface area contributed by atoms with E-state index in [1.165, 1.54) is 4.90 Å². The first-order valence-electron chi connectivity index (χ1n) is 9.91. The molecule has 2 saturated heterocycles. The fourth-order valence-corrected chi connectivity index (χ4v) is 4.63. The molecule has 0 unspecified atom stereocenters. The number of aromatic nitrogens is 2. The molecule has 3 heterocycles. The van der Waals surface area contributed by atoms with Crippen molar-refractivity contribution in [1.82, 2.24) is 19.8 Å². The van der Waals surface area contributed by atoms with Crippen molar-refractivity contribution in [2.45, 2.75) is 24.9 Å². The second-order valence-corrected chi connectivity index (χ2v) is 8.75. The summed E-state index contributed by atoms with van der Waals surface area (Å²) in [7, 11) is 0. The third kappa shape index (κ3) is 4.45. The van der Waals surface area contributed by atoms with Gasteiger partial charge in [0.1, 0.15) is 12.0 Å². The molecule has 1 atom stereocenters. The number of aromatic hydroxyl groups is 1. The van der Waals surface area contributed by atoms with Crippen LogP contribution in [0.25, 0.3) is 10.9 Å². The summed E-state index contributed by atoms with van der Waals surface area (Å²) >= 11 is 9.89. The van der Waals surface area contributed by atoms with Crippen LogP contribution in [0.5, 0.6) is 11.6 Å². The number of carbonyl (C=O) groups is 1. The number of amides is 1. The van der Waals surface area contributed by atoms with Crippen molar-refractivity contribution in [1.29, 1.82) is 0 Å². The lowest BCUT2D eigenvalue weighted by Gasteiger charge is -2.32. The van der Waals surface area contributed by atoms with E-state index in [1.807, 2.05) is 0 Å². The maximum atomic E-state index is 12.7. The van der Waals surface area contributed by atoms with Gasteiger partial charge in [0.05, 0.1) is 16.6 Å². The smallest absolute Gasteiger partial charge is 0.407 e. The molecule has 0 saturated carbocycles. The predicted molar refractivity (Wildman–Crippen MR) is 116 cm³/mol. The average Bonchev–Trinajstić information content (AvgIpc) is 2.75. The predicted octanol–water partition coefficient (Wildman–Crippen LogP) is 2.20. The van der Waals surface area contributed by atoms with Gasteiger partial charge < -0.3 is 29.9 Å². The zero-order chi connectivity index (χ0) is 22.1. The molecule has 1 aromatic carbocycles. The highest BCUT2D eigenvalue weighted by Crippen LogP contribution is 2.43. The summed E-state index contributed by atoms with van der Waals surface area (Å²) in [5.41, 5.74) is -0.0949. The van der Waals surface area contributed by atoms with Gasteiger partial charge in [0.25, 0.3) is 0 Å². The minimum Gasteiger partial charge on any atom is -0.493 e. The Labute approximate surface area is 190 Å². The third-order valence-corrected chi connectivity index (χ3v) is 6.79. The van der Waals surface area contributed by atoms with Gasteiger partial charge in [-0.1, -0.05) is 11.6 Å². The Balaban J connectivity index is 1.72. The number of carboxylic acid groups (broad SMARTS) is 1. The lowest BCUT2D eigenvalue weighted by atomic mass is 10.1. The maximum absolute atomic E-state index is 12.7. The Bertz CT molecular complexity index is 1060. The molecule has 10 nitrogen and oxygen atoms in total. The van der Waals surface area contributed by atoms with Gasteiger partial charge >= 0.3 is 11.8 Å². The van der Waals surface area contributed by atoms with E-state index in [0.29, 0.717) is 49.1 Å². The first-order chi connectivity index (χ1) is 14.9. The van der Waals surface area contributed by atoms with Gasteiger partial charge in [-0.3, -0.25) is 4.57 Å². The molecule has 2 aromatic rings. The highest BCUT2D eigenvalue weighted by Gasteiger charge is 2.27. The number of halogens is 2. The molecule has 0 spiro atoms. The number of fused-ring (bicyclic) bond motifs is 1. The quantitative estimate of drug-likeness (QED) is 0.563. The van der Waals surface area contributed by atoms with Gasteiger partial charge in [0.15, 0.2) is 5.75 Å². The molecule has 1 amide bonds. The van der Waals surface area contributed by atoms with Crippen molar-refractivity contribution in [3.05, 3.63) is 26.0 Å². The van der Waals surface area contributed by atoms with E-state index < -0.39 is 17.7 Å². The molecule has 1 aromatic heterocycles. The molecule has 0 aliphatic carbocycles. The average molecular weight is 518 g/mol. The van der Waals surface area contributed by atoms with Crippen LogP contribution in [0.4, 0.5) is 4.79 Å². The molecule has 2 aliphatic rings. The van der Waals surface area contributed by atoms with E-state index in [0.717, 1.165) is 0 Å². The zero-order valence-electron chi connectivity index (χ0n) is 16.5. The van der Waals surface area contributed by atoms with Crippen molar-refractivity contribution < 1.29 is 24.5 Å². The van der Waals surface area contributed by atoms with Crippen LogP contribution in [-0.2, 0) is 4.74 Å². The van der Waals surface area contributed by atoms with Crippen molar-refractivity contribution in [3.63, 3.8) is 0 Å². The summed E-state index contributed by atoms with van der Waals surface area (Å²) in [6.07, 6.45) is 0.309. The van der Waals surface area contributed by atoms with Crippen LogP contribution in [0.3, 0.4) is 0 Å². The largest absolute Gasteiger partial charge is 0.493 e. The molecule has 168 valence electrons. The lowest BCUT2D eigenvalue weighted by Crippen LogP contribution is -2.54. The second kappa shape index (κ2) is 9.19. The number of piperazine rings is 1. The monoisotopic (exact) mass is 516 g/mol. The summed E-state index contributed by atoms with van der Waals surface area (Å²) in [6.45, 7) is 2.34. The molecule has 12 heteroatoms. The number of nitrogens with one attached hydrogen (secondary N) is 1. The van der Waals surface area contributed by atoms with E-state index in [-0.39, 0.29) is 41.4 Å². The van der Waals surface area contributed by atoms with E-state index in [9.17, 15) is 19.8 Å². The number of nitrogens with zero attached hydrogens (tertiary/aromatic N) is 3. The van der Waals surface area contributed by atoms with Gasteiger partial charge in [0.2, 0.25) is 5.88 Å². The molecular formula is C19H22BrClN4O6. The Hall–Kier alpha value is -2.08. The van der Waals surface area contributed by atoms with E-state index in [1.54, 1.807) is 10.6 Å². The molecule has 31 heavy (non-hydrogen) atoms. The zero-order valence-corrected chi connectivity index (χ0v) is 18.9. The number of rotatable bonds is 4. The summed E-state index contributed by atoms with van der Waals surface area (Å²) < 4.78 is 13.4. The first-order valence-corrected chi connectivity index (χ1v) is 11.1. The topological polar surface area (TPSA) is 126 Å². The van der Waals surface area contributed by atoms with Crippen LogP contribution >= 0.6 is 27.5 Å². The summed E-state index contributed by atoms with van der Waals surface area (Å²) in [5.74, 6) is -0.275. The van der Waals surface area contributed by atoms with Gasteiger partial charge in [-0.05, 0) is 34.8 Å². The molecule has 2 aliphatic heterocycles. The van der Waals surface area contributed by atoms with Crippen LogP contribution in [0, 0.1) is 0 Å². The normalized spacial score (nSPS) is 20.2. The number of ether oxygens (including phenoxy) is 2. The Morgan fingerprint density at radius 2 is 2.16 bits per heavy atom. The number of hydrogen-bond donors (Lipinski definition) is 3. The summed E-state index contributed by atoms with van der Waals surface area (Å²) in [5, 5.41) is 23.4. The minimum atomic E-state index is -0.986. The third-order valence-electron chi connectivity index (χ3n) is 5.56. The molecule has 2 fully saturated rings. The molecule has 3 N–H and O–H groups in total. The van der Waals surface area contributed by atoms with Gasteiger partial charge in [0, 0.05) is 43.4 Å². The van der Waals surface area contributed by atoms with E-state index in [2.05, 4.69) is 26.2 Å². The van der Waals surface area contributed by atoms with Gasteiger partial charge in [-0.2, -0.15) is 4.98 Å². The maximum Gasteiger partial charge on any atom is 0.407 e. The Morgan fingerprint density at radius 1 is 1.42 bits per heavy atom. The van der Waals surface area contributed by atoms with Crippen molar-refractivity contribution in [3.8, 4) is 11.6 Å². The van der Waals surface area contributed by atoms with E-state index in [4.69, 9.17) is 21.1 Å². The lowest BCUT2D eigenvalue weighted by molar-refractivity contribution is 0.0694. The Morgan fingerprint density at radius 3 is 2.87 bits per heavy atom. The summed E-state index contributed by atoms with van der Waals surface area (Å²) in [4.78, 5) is 29.0. The molecular weight excluding hydrogens is 496 g/mol. The van der Waals surface area contributed by atoms with Gasteiger partial charge in [-0.25, -0.2) is 9.59 Å². The van der Waals surface area contributed by atoms with E-state index >= 15 is 0 Å². The SMILES string of the molecule is O=C(O)N1CCN[C@H](COc2c(Cl)c(Br)cc3c2c(O)nc(=O)n3C2CCOCC2)C1. The van der Waals surface area contributed by atoms with Crippen LogP contribution in [0.15, 0.2) is 15.3 Å². The van der Waals surface area contributed by atoms with Crippen LogP contribution in [0.2, 0.25) is 5.02 Å². The Kier molecular flexibility index (Phi) is 6.56. The van der Waals surface area contributed by atoms with Crippen LogP contribution < -0.4 is 15.7 Å². The van der Waals surface area contributed by atoms with Crippen molar-refractivity contribution >= 4 is 44.5 Å². The fraction of sp³-hybridized carbons (Fsp3) is 0.526. The summed E-state index contributed by atoms with van der Waals surface area (Å²) in [6, 6.07) is 1.29. The van der Waals surface area contributed by atoms with Crippen molar-refractivity contribution in [2.75, 3.05) is 39.5 Å². The van der Waals surface area contributed by atoms with Gasteiger partial charge in [-0.15, -0.1) is 0 Å². The number of hydrogen-bond acceptors (Lipinski definition) is 7. The van der Waals surface area contributed by atoms with Crippen LogP contribution in [0.1, 0.15) is 18.9 Å². The molecule has 4 rings (SSSR count). The first kappa shape index (κ1) is 22.1. The highest BCUT2D eigenvalue weighted by atomic mass is 79.9. The minimum absolute atomic E-state index is 0.116.